The second-order valence-corrected chi connectivity index (χ2v) is 7.21. The van der Waals surface area contributed by atoms with Crippen molar-refractivity contribution in [3.63, 3.8) is 0 Å². The van der Waals surface area contributed by atoms with Gasteiger partial charge in [-0.3, -0.25) is 9.59 Å². The number of ketones is 1. The van der Waals surface area contributed by atoms with Crippen LogP contribution in [-0.4, -0.2) is 52.1 Å². The lowest BCUT2D eigenvalue weighted by Gasteiger charge is -2.17. The van der Waals surface area contributed by atoms with Gasteiger partial charge in [-0.1, -0.05) is 29.8 Å². The van der Waals surface area contributed by atoms with Crippen LogP contribution in [0.15, 0.2) is 48.5 Å². The van der Waals surface area contributed by atoms with E-state index in [4.69, 9.17) is 35.3 Å². The molecule has 8 heteroatoms. The second kappa shape index (κ2) is 14.5. The summed E-state index contributed by atoms with van der Waals surface area (Å²) in [6, 6.07) is 13.8. The van der Waals surface area contributed by atoms with Gasteiger partial charge in [-0.05, 0) is 50.1 Å². The fraction of sp³-hybridized carbons (Fsp3) is 0.417. The number of hydrogen-bond donors (Lipinski definition) is 0. The van der Waals surface area contributed by atoms with E-state index in [-0.39, 0.29) is 25.6 Å². The molecule has 2 aromatic carbocycles. The first-order valence-electron chi connectivity index (χ1n) is 10.4. The summed E-state index contributed by atoms with van der Waals surface area (Å²) in [6.07, 6.45) is 0.752. The Hall–Kier alpha value is -2.61. The number of carbonyl (C=O) groups is 2. The first kappa shape index (κ1) is 25.6. The van der Waals surface area contributed by atoms with Crippen molar-refractivity contribution in [2.45, 2.75) is 19.8 Å². The summed E-state index contributed by atoms with van der Waals surface area (Å²) in [5.41, 5.74) is 0.302. The van der Waals surface area contributed by atoms with Crippen LogP contribution < -0.4 is 9.47 Å². The maximum Gasteiger partial charge on any atom is 0.316 e. The van der Waals surface area contributed by atoms with Gasteiger partial charge < -0.3 is 23.7 Å². The number of hydrogen-bond acceptors (Lipinski definition) is 7. The van der Waals surface area contributed by atoms with Crippen LogP contribution in [0, 0.1) is 5.92 Å². The summed E-state index contributed by atoms with van der Waals surface area (Å²) in [7, 11) is 1.58. The summed E-state index contributed by atoms with van der Waals surface area (Å²) in [5.74, 6) is -0.912. The van der Waals surface area contributed by atoms with E-state index in [0.717, 1.165) is 0 Å². The highest BCUT2D eigenvalue weighted by atomic mass is 35.5. The minimum absolute atomic E-state index is 0.0365. The van der Waals surface area contributed by atoms with Gasteiger partial charge in [0.1, 0.15) is 17.4 Å². The number of esters is 1. The Labute approximate surface area is 193 Å². The fourth-order valence-electron chi connectivity index (χ4n) is 2.92. The van der Waals surface area contributed by atoms with Crippen molar-refractivity contribution in [3.05, 3.63) is 59.1 Å². The van der Waals surface area contributed by atoms with Crippen molar-refractivity contribution in [2.24, 2.45) is 5.92 Å². The van der Waals surface area contributed by atoms with Gasteiger partial charge in [-0.15, -0.1) is 0 Å². The Bertz CT molecular complexity index is 856. The highest BCUT2D eigenvalue weighted by Gasteiger charge is 2.30. The third-order valence-corrected chi connectivity index (χ3v) is 4.71. The molecule has 0 radical (unpaired) electrons. The zero-order valence-corrected chi connectivity index (χ0v) is 19.1. The molecule has 0 heterocycles. The van der Waals surface area contributed by atoms with E-state index >= 15 is 0 Å². The molecule has 0 aliphatic heterocycles. The molecule has 0 saturated heterocycles. The second-order valence-electron chi connectivity index (χ2n) is 6.78. The smallest absolute Gasteiger partial charge is 0.316 e. The highest BCUT2D eigenvalue weighted by molar-refractivity contribution is 6.30. The maximum atomic E-state index is 13.2. The zero-order valence-electron chi connectivity index (χ0n) is 18.4. The first-order chi connectivity index (χ1) is 15.6. The minimum atomic E-state index is -0.961. The number of methoxy groups -OCH3 is 1. The van der Waals surface area contributed by atoms with E-state index in [2.05, 4.69) is 0 Å². The number of rotatable bonds is 15. The third kappa shape index (κ3) is 8.49. The van der Waals surface area contributed by atoms with Crippen LogP contribution in [-0.2, 0) is 19.0 Å². The molecular formula is C24H29ClO7. The number of carbonyl (C=O) groups excluding carboxylic acids is 2. The van der Waals surface area contributed by atoms with Crippen LogP contribution in [0.25, 0.3) is 0 Å². The van der Waals surface area contributed by atoms with Gasteiger partial charge in [0.2, 0.25) is 0 Å². The lowest BCUT2D eigenvalue weighted by molar-refractivity contribution is -0.146. The summed E-state index contributed by atoms with van der Waals surface area (Å²) < 4.78 is 26.6. The predicted molar refractivity (Wildman–Crippen MR) is 120 cm³/mol. The third-order valence-electron chi connectivity index (χ3n) is 4.47. The van der Waals surface area contributed by atoms with Gasteiger partial charge in [-0.2, -0.15) is 0 Å². The van der Waals surface area contributed by atoms with Crippen LogP contribution >= 0.6 is 11.6 Å². The first-order valence-corrected chi connectivity index (χ1v) is 10.8. The van der Waals surface area contributed by atoms with Gasteiger partial charge in [0.05, 0.1) is 32.0 Å². The molecule has 0 aliphatic rings. The van der Waals surface area contributed by atoms with Crippen LogP contribution in [0.4, 0.5) is 0 Å². The number of benzene rings is 2. The molecule has 7 nitrogen and oxygen atoms in total. The van der Waals surface area contributed by atoms with E-state index in [1.807, 2.05) is 0 Å². The fourth-order valence-corrected chi connectivity index (χ4v) is 3.10. The SMILES string of the molecule is CCOC(=O)C(CCCOc1cccc(Cl)c1)C(=O)c1ccccc1OCOCCOC. The van der Waals surface area contributed by atoms with Gasteiger partial charge in [-0.25, -0.2) is 0 Å². The van der Waals surface area contributed by atoms with E-state index in [1.54, 1.807) is 62.6 Å². The quantitative estimate of drug-likeness (QED) is 0.126. The van der Waals surface area contributed by atoms with E-state index in [9.17, 15) is 9.59 Å². The molecule has 1 atom stereocenters. The van der Waals surface area contributed by atoms with Gasteiger partial charge in [0.25, 0.3) is 0 Å². The summed E-state index contributed by atoms with van der Waals surface area (Å²) in [4.78, 5) is 25.8. The molecular weight excluding hydrogens is 436 g/mol. The Kier molecular flexibility index (Phi) is 11.6. The largest absolute Gasteiger partial charge is 0.494 e. The predicted octanol–water partition coefficient (Wildman–Crippen LogP) is 4.56. The molecule has 0 aromatic heterocycles. The van der Waals surface area contributed by atoms with Crippen molar-refractivity contribution >= 4 is 23.4 Å². The lowest BCUT2D eigenvalue weighted by atomic mass is 9.93. The van der Waals surface area contributed by atoms with E-state index in [1.165, 1.54) is 0 Å². The monoisotopic (exact) mass is 464 g/mol. The standard InChI is InChI=1S/C24H29ClO7/c1-3-30-24(27)21(11-7-13-31-19-9-6-8-18(25)16-19)23(26)20-10-4-5-12-22(20)32-17-29-15-14-28-2/h4-6,8-10,12,16,21H,3,7,11,13-15,17H2,1-2H3. The summed E-state index contributed by atoms with van der Waals surface area (Å²) in [5, 5.41) is 0.574. The molecule has 1 unspecified atom stereocenters. The number of halogens is 1. The number of Topliss-reactive ketones (excluding diaryl/α,β-unsaturated/α-hetero) is 1. The number of para-hydroxylation sites is 1. The molecule has 2 rings (SSSR count). The Balaban J connectivity index is 2.01. The van der Waals surface area contributed by atoms with Gasteiger partial charge in [0.15, 0.2) is 12.6 Å². The Morgan fingerprint density at radius 2 is 1.81 bits per heavy atom. The normalized spacial score (nSPS) is 11.6. The molecule has 0 fully saturated rings. The molecule has 0 aliphatic carbocycles. The van der Waals surface area contributed by atoms with Crippen LogP contribution in [0.5, 0.6) is 11.5 Å². The molecule has 2 aromatic rings. The molecule has 0 N–H and O–H groups in total. The number of ether oxygens (including phenoxy) is 5. The molecule has 174 valence electrons. The molecule has 0 amide bonds. The Morgan fingerprint density at radius 1 is 1.00 bits per heavy atom. The van der Waals surface area contributed by atoms with Crippen LogP contribution in [0.3, 0.4) is 0 Å². The maximum absolute atomic E-state index is 13.2. The van der Waals surface area contributed by atoms with Crippen molar-refractivity contribution < 1.29 is 33.3 Å². The average molecular weight is 465 g/mol. The summed E-state index contributed by atoms with van der Waals surface area (Å²) in [6.45, 7) is 2.99. The average Bonchev–Trinajstić information content (AvgIpc) is 2.79. The van der Waals surface area contributed by atoms with Crippen molar-refractivity contribution in [1.29, 1.82) is 0 Å². The summed E-state index contributed by atoms with van der Waals surface area (Å²) >= 11 is 5.96. The van der Waals surface area contributed by atoms with Crippen LogP contribution in [0.2, 0.25) is 5.02 Å². The van der Waals surface area contributed by atoms with Gasteiger partial charge >= 0.3 is 5.97 Å². The lowest BCUT2D eigenvalue weighted by Crippen LogP contribution is -2.27. The Morgan fingerprint density at radius 3 is 2.56 bits per heavy atom. The van der Waals surface area contributed by atoms with Gasteiger partial charge in [0, 0.05) is 12.1 Å². The van der Waals surface area contributed by atoms with Crippen molar-refractivity contribution in [3.8, 4) is 11.5 Å². The molecule has 0 bridgehead atoms. The van der Waals surface area contributed by atoms with E-state index in [0.29, 0.717) is 48.3 Å². The van der Waals surface area contributed by atoms with Crippen molar-refractivity contribution in [2.75, 3.05) is 40.3 Å². The van der Waals surface area contributed by atoms with Crippen LogP contribution in [0.1, 0.15) is 30.1 Å². The van der Waals surface area contributed by atoms with E-state index < -0.39 is 11.9 Å². The topological polar surface area (TPSA) is 80.3 Å². The zero-order chi connectivity index (χ0) is 23.2. The minimum Gasteiger partial charge on any atom is -0.494 e. The molecule has 0 saturated carbocycles. The molecule has 0 spiro atoms. The highest BCUT2D eigenvalue weighted by Crippen LogP contribution is 2.25. The molecule has 32 heavy (non-hydrogen) atoms. The van der Waals surface area contributed by atoms with Crippen molar-refractivity contribution in [1.82, 2.24) is 0 Å².